The van der Waals surface area contributed by atoms with Gasteiger partial charge in [0.1, 0.15) is 11.9 Å². The first-order valence-corrected chi connectivity index (χ1v) is 7.16. The van der Waals surface area contributed by atoms with E-state index in [2.05, 4.69) is 48.2 Å². The molecule has 1 aromatic carbocycles. The molecule has 0 bridgehead atoms. The Labute approximate surface area is 118 Å². The van der Waals surface area contributed by atoms with Gasteiger partial charge in [0.2, 0.25) is 0 Å². The summed E-state index contributed by atoms with van der Waals surface area (Å²) in [6.45, 7) is 5.24. The van der Waals surface area contributed by atoms with E-state index in [0.29, 0.717) is 0 Å². The number of aromatic nitrogens is 1. The molecule has 0 amide bonds. The highest BCUT2D eigenvalue weighted by molar-refractivity contribution is 7.12. The number of azo groups is 1. The smallest absolute Gasteiger partial charge is 0.375 e. The summed E-state index contributed by atoms with van der Waals surface area (Å²) < 4.78 is 1.96. The second kappa shape index (κ2) is 5.93. The van der Waals surface area contributed by atoms with E-state index in [1.807, 2.05) is 29.3 Å². The van der Waals surface area contributed by atoms with E-state index in [0.717, 1.165) is 17.4 Å². The molecule has 0 atom stereocenters. The molecule has 100 valence electrons. The molecule has 0 unspecified atom stereocenters. The Kier molecular flexibility index (Phi) is 4.27. The van der Waals surface area contributed by atoms with E-state index in [9.17, 15) is 0 Å². The minimum atomic E-state index is 0.888. The molecule has 0 radical (unpaired) electrons. The maximum atomic E-state index is 4.29. The van der Waals surface area contributed by atoms with Crippen LogP contribution in [0.4, 0.5) is 16.5 Å². The number of nitrogens with zero attached hydrogens (tertiary/aromatic N) is 4. The Bertz CT molecular complexity index is 589. The van der Waals surface area contributed by atoms with Crippen molar-refractivity contribution in [3.8, 4) is 0 Å². The van der Waals surface area contributed by atoms with Crippen molar-refractivity contribution < 1.29 is 4.57 Å². The molecule has 0 saturated heterocycles. The Morgan fingerprint density at radius 1 is 1.32 bits per heavy atom. The van der Waals surface area contributed by atoms with Crippen LogP contribution in [-0.2, 0) is 7.05 Å². The molecular weight excluding hydrogens is 256 g/mol. The molecule has 0 aliphatic carbocycles. The molecule has 5 heteroatoms. The van der Waals surface area contributed by atoms with Crippen molar-refractivity contribution in [2.75, 3.05) is 18.5 Å². The van der Waals surface area contributed by atoms with Gasteiger partial charge in [0, 0.05) is 24.7 Å². The van der Waals surface area contributed by atoms with Gasteiger partial charge in [-0.05, 0) is 54.1 Å². The van der Waals surface area contributed by atoms with Crippen LogP contribution >= 0.6 is 11.3 Å². The van der Waals surface area contributed by atoms with Crippen LogP contribution in [-0.4, -0.2) is 13.6 Å². The number of aryl methyl sites for hydroxylation is 2. The molecule has 0 spiro atoms. The maximum absolute atomic E-state index is 4.29. The lowest BCUT2D eigenvalue weighted by atomic mass is 10.1. The van der Waals surface area contributed by atoms with Crippen LogP contribution in [0.1, 0.15) is 12.5 Å². The molecular formula is C14H19N4S+. The first kappa shape index (κ1) is 13.7. The van der Waals surface area contributed by atoms with E-state index in [1.54, 1.807) is 11.3 Å². The van der Waals surface area contributed by atoms with E-state index in [4.69, 9.17) is 0 Å². The molecule has 1 aromatic heterocycles. The van der Waals surface area contributed by atoms with Crippen LogP contribution < -0.4 is 9.47 Å². The molecule has 0 N–H and O–H groups in total. The van der Waals surface area contributed by atoms with Gasteiger partial charge in [-0.25, -0.2) is 4.57 Å². The highest BCUT2D eigenvalue weighted by Crippen LogP contribution is 2.25. The molecule has 1 heterocycles. The molecule has 4 nitrogen and oxygen atoms in total. The third kappa shape index (κ3) is 3.17. The van der Waals surface area contributed by atoms with Crippen molar-refractivity contribution in [2.24, 2.45) is 17.3 Å². The minimum Gasteiger partial charge on any atom is -0.375 e. The molecule has 0 aliphatic heterocycles. The van der Waals surface area contributed by atoms with Crippen LogP contribution in [0, 0.1) is 6.92 Å². The molecule has 0 saturated carbocycles. The van der Waals surface area contributed by atoms with Crippen LogP contribution in [0.25, 0.3) is 0 Å². The average Bonchev–Trinajstić information content (AvgIpc) is 2.81. The lowest BCUT2D eigenvalue weighted by Crippen LogP contribution is -2.23. The zero-order valence-electron chi connectivity index (χ0n) is 11.8. The maximum Gasteiger partial charge on any atom is 0.408 e. The summed E-state index contributed by atoms with van der Waals surface area (Å²) in [6, 6.07) is 6.17. The zero-order valence-corrected chi connectivity index (χ0v) is 12.6. The van der Waals surface area contributed by atoms with Gasteiger partial charge in [0.05, 0.1) is 12.2 Å². The van der Waals surface area contributed by atoms with Crippen LogP contribution in [0.5, 0.6) is 0 Å². The van der Waals surface area contributed by atoms with Gasteiger partial charge in [-0.3, -0.25) is 0 Å². The highest BCUT2D eigenvalue weighted by atomic mass is 32.1. The SMILES string of the molecule is CCN(C)c1ccc(N=Nc2scc[n+]2C)cc1C. The lowest BCUT2D eigenvalue weighted by molar-refractivity contribution is -0.654. The summed E-state index contributed by atoms with van der Waals surface area (Å²) in [5.41, 5.74) is 3.35. The van der Waals surface area contributed by atoms with Crippen molar-refractivity contribution in [3.05, 3.63) is 35.3 Å². The lowest BCUT2D eigenvalue weighted by Gasteiger charge is -2.19. The highest BCUT2D eigenvalue weighted by Gasteiger charge is 2.08. The fraction of sp³-hybridized carbons (Fsp3) is 0.357. The van der Waals surface area contributed by atoms with E-state index >= 15 is 0 Å². The summed E-state index contributed by atoms with van der Waals surface area (Å²) in [6.07, 6.45) is 1.98. The van der Waals surface area contributed by atoms with Crippen LogP contribution in [0.15, 0.2) is 40.0 Å². The third-order valence-corrected chi connectivity index (χ3v) is 3.91. The zero-order chi connectivity index (χ0) is 13.8. The Hall–Kier alpha value is -1.75. The van der Waals surface area contributed by atoms with E-state index in [1.165, 1.54) is 11.3 Å². The largest absolute Gasteiger partial charge is 0.408 e. The monoisotopic (exact) mass is 275 g/mol. The van der Waals surface area contributed by atoms with Gasteiger partial charge < -0.3 is 4.90 Å². The number of rotatable bonds is 4. The van der Waals surface area contributed by atoms with Gasteiger partial charge in [0.25, 0.3) is 0 Å². The van der Waals surface area contributed by atoms with E-state index < -0.39 is 0 Å². The van der Waals surface area contributed by atoms with Gasteiger partial charge in [-0.2, -0.15) is 0 Å². The van der Waals surface area contributed by atoms with Gasteiger partial charge in [-0.1, -0.05) is 0 Å². The van der Waals surface area contributed by atoms with Gasteiger partial charge in [-0.15, -0.1) is 0 Å². The molecule has 0 aliphatic rings. The Morgan fingerprint density at radius 2 is 2.11 bits per heavy atom. The van der Waals surface area contributed by atoms with Crippen LogP contribution in [0.2, 0.25) is 0 Å². The molecule has 0 fully saturated rings. The molecule has 19 heavy (non-hydrogen) atoms. The first-order chi connectivity index (χ1) is 9.11. The Morgan fingerprint density at radius 3 is 2.68 bits per heavy atom. The molecule has 2 aromatic rings. The van der Waals surface area contributed by atoms with Crippen molar-refractivity contribution in [1.82, 2.24) is 0 Å². The standard InChI is InChI=1S/C14H19N4S/c1-5-17(3)13-7-6-12(10-11(13)2)15-16-14-18(4)8-9-19-14/h6-10H,5H2,1-4H3/q+1. The molecule has 2 rings (SSSR count). The fourth-order valence-corrected chi connectivity index (χ4v) is 2.50. The normalized spacial score (nSPS) is 11.2. The summed E-state index contributed by atoms with van der Waals surface area (Å²) >= 11 is 1.58. The number of thiazole rings is 1. The number of anilines is 1. The summed E-state index contributed by atoms with van der Waals surface area (Å²) in [5, 5.41) is 11.5. The quantitative estimate of drug-likeness (QED) is 0.617. The van der Waals surface area contributed by atoms with Crippen molar-refractivity contribution >= 4 is 27.8 Å². The van der Waals surface area contributed by atoms with Gasteiger partial charge in [0.15, 0.2) is 0 Å². The van der Waals surface area contributed by atoms with Crippen molar-refractivity contribution in [2.45, 2.75) is 13.8 Å². The number of benzene rings is 1. The minimum absolute atomic E-state index is 0.888. The van der Waals surface area contributed by atoms with Crippen LogP contribution in [0.3, 0.4) is 0 Å². The topological polar surface area (TPSA) is 31.8 Å². The second-order valence-corrected chi connectivity index (χ2v) is 5.35. The second-order valence-electron chi connectivity index (χ2n) is 4.48. The predicted octanol–water partition coefficient (Wildman–Crippen LogP) is 3.75. The van der Waals surface area contributed by atoms with Crippen molar-refractivity contribution in [1.29, 1.82) is 0 Å². The number of hydrogen-bond acceptors (Lipinski definition) is 4. The summed E-state index contributed by atoms with van der Waals surface area (Å²) in [7, 11) is 4.06. The number of hydrogen-bond donors (Lipinski definition) is 0. The first-order valence-electron chi connectivity index (χ1n) is 6.28. The predicted molar refractivity (Wildman–Crippen MR) is 79.8 cm³/mol. The summed E-state index contributed by atoms with van der Waals surface area (Å²) in [4.78, 5) is 2.22. The third-order valence-electron chi connectivity index (χ3n) is 3.08. The Balaban J connectivity index is 2.21. The van der Waals surface area contributed by atoms with Crippen molar-refractivity contribution in [3.63, 3.8) is 0 Å². The fourth-order valence-electron chi connectivity index (χ4n) is 1.82. The summed E-state index contributed by atoms with van der Waals surface area (Å²) in [5.74, 6) is 0. The van der Waals surface area contributed by atoms with Gasteiger partial charge >= 0.3 is 5.13 Å². The van der Waals surface area contributed by atoms with E-state index in [-0.39, 0.29) is 0 Å². The average molecular weight is 275 g/mol.